The molecule has 0 saturated heterocycles. The molecule has 1 aromatic heterocycles. The molecular weight excluding hydrogens is 378 g/mol. The van der Waals surface area contributed by atoms with Crippen molar-refractivity contribution >= 4 is 22.7 Å². The first kappa shape index (κ1) is 21.5. The summed E-state index contributed by atoms with van der Waals surface area (Å²) in [6.07, 6.45) is 1.67. The van der Waals surface area contributed by atoms with Gasteiger partial charge in [-0.1, -0.05) is 12.1 Å². The van der Waals surface area contributed by atoms with Crippen LogP contribution in [0.3, 0.4) is 0 Å². The van der Waals surface area contributed by atoms with Gasteiger partial charge in [0, 0.05) is 5.56 Å². The Morgan fingerprint density at radius 2 is 1.97 bits per heavy atom. The molecule has 2 aromatic carbocycles. The van der Waals surface area contributed by atoms with Crippen molar-refractivity contribution in [1.82, 2.24) is 15.0 Å². The van der Waals surface area contributed by atoms with Gasteiger partial charge >= 0.3 is 0 Å². The second-order valence-corrected chi connectivity index (χ2v) is 7.25. The van der Waals surface area contributed by atoms with Gasteiger partial charge in [0.1, 0.15) is 18.8 Å². The Hall–Kier alpha value is -3.19. The van der Waals surface area contributed by atoms with Crippen LogP contribution in [0.4, 0.5) is 0 Å². The number of fused-ring (bicyclic) bond motifs is 1. The van der Waals surface area contributed by atoms with Gasteiger partial charge in [0.05, 0.1) is 43.3 Å². The summed E-state index contributed by atoms with van der Waals surface area (Å²) in [5, 5.41) is 4.31. The molecule has 1 heterocycles. The van der Waals surface area contributed by atoms with E-state index in [1.165, 1.54) is 4.90 Å². The average molecular weight is 409 g/mol. The number of hydrazone groups is 1. The number of ether oxygens (including phenoxy) is 1. The number of imidazole rings is 1. The third kappa shape index (κ3) is 5.04. The summed E-state index contributed by atoms with van der Waals surface area (Å²) in [6, 6.07) is 13.8. The van der Waals surface area contributed by atoms with Crippen molar-refractivity contribution in [3.63, 3.8) is 0 Å². The first-order valence-corrected chi connectivity index (χ1v) is 10.3. The quantitative estimate of drug-likeness (QED) is 0.420. The fourth-order valence-corrected chi connectivity index (χ4v) is 3.45. The topological polar surface area (TPSA) is 73.0 Å². The summed E-state index contributed by atoms with van der Waals surface area (Å²) in [7, 11) is 1.69. The highest BCUT2D eigenvalue weighted by molar-refractivity contribution is 5.99. The lowest BCUT2D eigenvalue weighted by Crippen LogP contribution is -3.10. The first-order valence-electron chi connectivity index (χ1n) is 10.3. The van der Waals surface area contributed by atoms with E-state index < -0.39 is 0 Å². The molecule has 3 rings (SSSR count). The van der Waals surface area contributed by atoms with Crippen molar-refractivity contribution in [3.05, 3.63) is 59.9 Å². The Bertz CT molecular complexity index is 1040. The van der Waals surface area contributed by atoms with Gasteiger partial charge < -0.3 is 14.2 Å². The Labute approximate surface area is 177 Å². The standard InChI is InChI=1S/C23H29N5O2/c1-5-27(6-2)14-19-13-18(11-12-22(19)30-4)17(3)25-26-23(29)15-28-16-24-20-9-7-8-10-21(20)28/h7-13,16H,5-6,14-15H2,1-4H3,(H,26,29)/p+1/b25-17-. The van der Waals surface area contributed by atoms with Gasteiger partial charge in [0.25, 0.3) is 5.91 Å². The van der Waals surface area contributed by atoms with Crippen LogP contribution in [0.1, 0.15) is 31.9 Å². The van der Waals surface area contributed by atoms with Crippen LogP contribution in [0.15, 0.2) is 53.9 Å². The highest BCUT2D eigenvalue weighted by Gasteiger charge is 2.12. The van der Waals surface area contributed by atoms with Crippen LogP contribution in [-0.2, 0) is 17.9 Å². The van der Waals surface area contributed by atoms with Crippen molar-refractivity contribution < 1.29 is 14.4 Å². The number of hydrogen-bond donors (Lipinski definition) is 2. The number of methoxy groups -OCH3 is 1. The summed E-state index contributed by atoms with van der Waals surface area (Å²) in [4.78, 5) is 18.2. The van der Waals surface area contributed by atoms with Crippen molar-refractivity contribution in [2.75, 3.05) is 20.2 Å². The largest absolute Gasteiger partial charge is 0.496 e. The summed E-state index contributed by atoms with van der Waals surface area (Å²) in [6.45, 7) is 9.41. The van der Waals surface area contributed by atoms with E-state index in [1.807, 2.05) is 47.9 Å². The smallest absolute Gasteiger partial charge is 0.260 e. The van der Waals surface area contributed by atoms with Gasteiger partial charge in [0.15, 0.2) is 0 Å². The van der Waals surface area contributed by atoms with E-state index in [0.29, 0.717) is 0 Å². The number of nitrogens with zero attached hydrogens (tertiary/aromatic N) is 3. The minimum atomic E-state index is -0.196. The Balaban J connectivity index is 1.70. The van der Waals surface area contributed by atoms with Crippen molar-refractivity contribution in [2.45, 2.75) is 33.9 Å². The summed E-state index contributed by atoms with van der Waals surface area (Å²) < 4.78 is 7.34. The number of benzene rings is 2. The number of aromatic nitrogens is 2. The Morgan fingerprint density at radius 1 is 1.20 bits per heavy atom. The molecule has 3 aromatic rings. The van der Waals surface area contributed by atoms with Crippen molar-refractivity contribution in [2.24, 2.45) is 5.10 Å². The highest BCUT2D eigenvalue weighted by atomic mass is 16.5. The van der Waals surface area contributed by atoms with Gasteiger partial charge in [-0.25, -0.2) is 10.4 Å². The van der Waals surface area contributed by atoms with Crippen LogP contribution in [0.2, 0.25) is 0 Å². The van der Waals surface area contributed by atoms with Gasteiger partial charge in [-0.15, -0.1) is 0 Å². The lowest BCUT2D eigenvalue weighted by Gasteiger charge is -2.18. The molecule has 0 bridgehead atoms. The molecule has 1 amide bonds. The molecular formula is C23H30N5O2+. The van der Waals surface area contributed by atoms with E-state index in [0.717, 1.165) is 53.3 Å². The predicted octanol–water partition coefficient (Wildman–Crippen LogP) is 2.01. The van der Waals surface area contributed by atoms with Gasteiger partial charge in [0.2, 0.25) is 0 Å². The maximum absolute atomic E-state index is 12.4. The molecule has 0 atom stereocenters. The van der Waals surface area contributed by atoms with Gasteiger partial charge in [-0.3, -0.25) is 4.79 Å². The number of rotatable bonds is 9. The van der Waals surface area contributed by atoms with E-state index in [9.17, 15) is 4.79 Å². The van der Waals surface area contributed by atoms with Gasteiger partial charge in [-0.2, -0.15) is 5.10 Å². The number of hydrogen-bond acceptors (Lipinski definition) is 4. The molecule has 0 aliphatic heterocycles. The molecule has 0 radical (unpaired) electrons. The van der Waals surface area contributed by atoms with E-state index in [2.05, 4.69) is 35.4 Å². The van der Waals surface area contributed by atoms with E-state index in [-0.39, 0.29) is 12.5 Å². The molecule has 0 unspecified atom stereocenters. The normalized spacial score (nSPS) is 11.8. The minimum absolute atomic E-state index is 0.163. The van der Waals surface area contributed by atoms with Gasteiger partial charge in [-0.05, 0) is 56.7 Å². The first-order chi connectivity index (χ1) is 14.5. The number of carbonyl (C=O) groups is 1. The van der Waals surface area contributed by atoms with Crippen LogP contribution in [-0.4, -0.2) is 41.4 Å². The maximum atomic E-state index is 12.4. The number of quaternary nitrogens is 1. The number of para-hydroxylation sites is 2. The lowest BCUT2D eigenvalue weighted by molar-refractivity contribution is -0.910. The zero-order valence-corrected chi connectivity index (χ0v) is 18.1. The van der Waals surface area contributed by atoms with E-state index in [4.69, 9.17) is 4.74 Å². The fraction of sp³-hybridized carbons (Fsp3) is 0.348. The molecule has 7 nitrogen and oxygen atoms in total. The third-order valence-electron chi connectivity index (χ3n) is 5.33. The van der Waals surface area contributed by atoms with Crippen LogP contribution < -0.4 is 15.1 Å². The molecule has 0 saturated carbocycles. The highest BCUT2D eigenvalue weighted by Crippen LogP contribution is 2.19. The maximum Gasteiger partial charge on any atom is 0.260 e. The molecule has 30 heavy (non-hydrogen) atoms. The van der Waals surface area contributed by atoms with Crippen molar-refractivity contribution in [3.8, 4) is 5.75 Å². The Kier molecular flexibility index (Phi) is 7.19. The fourth-order valence-electron chi connectivity index (χ4n) is 3.45. The summed E-state index contributed by atoms with van der Waals surface area (Å²) in [5.41, 5.74) is 7.30. The summed E-state index contributed by atoms with van der Waals surface area (Å²) >= 11 is 0. The predicted molar refractivity (Wildman–Crippen MR) is 119 cm³/mol. The SMILES string of the molecule is CC[NH+](CC)Cc1cc(/C(C)=N\NC(=O)Cn2cnc3ccccc32)ccc1OC. The second kappa shape index (κ2) is 10.0. The van der Waals surface area contributed by atoms with Crippen LogP contribution in [0.25, 0.3) is 11.0 Å². The summed E-state index contributed by atoms with van der Waals surface area (Å²) in [5.74, 6) is 0.681. The zero-order valence-electron chi connectivity index (χ0n) is 18.1. The van der Waals surface area contributed by atoms with Crippen LogP contribution in [0, 0.1) is 0 Å². The number of nitrogens with one attached hydrogen (secondary N) is 2. The van der Waals surface area contributed by atoms with E-state index >= 15 is 0 Å². The Morgan fingerprint density at radius 3 is 2.70 bits per heavy atom. The van der Waals surface area contributed by atoms with E-state index in [1.54, 1.807) is 13.4 Å². The molecule has 0 aliphatic rings. The second-order valence-electron chi connectivity index (χ2n) is 7.25. The number of amides is 1. The van der Waals surface area contributed by atoms with Crippen LogP contribution in [0.5, 0.6) is 5.75 Å². The van der Waals surface area contributed by atoms with Crippen molar-refractivity contribution in [1.29, 1.82) is 0 Å². The molecule has 2 N–H and O–H groups in total. The average Bonchev–Trinajstić information content (AvgIpc) is 3.18. The third-order valence-corrected chi connectivity index (χ3v) is 5.33. The molecule has 0 aliphatic carbocycles. The molecule has 0 fully saturated rings. The minimum Gasteiger partial charge on any atom is -0.496 e. The molecule has 7 heteroatoms. The molecule has 158 valence electrons. The van der Waals surface area contributed by atoms with Crippen LogP contribution >= 0.6 is 0 Å². The monoisotopic (exact) mass is 408 g/mol. The lowest BCUT2D eigenvalue weighted by atomic mass is 10.1. The molecule has 0 spiro atoms. The number of carbonyl (C=O) groups excluding carboxylic acids is 1. The zero-order chi connectivity index (χ0) is 21.5.